The third-order valence-corrected chi connectivity index (χ3v) is 5.91. The number of aryl methyl sites for hydroxylation is 2. The standard InChI is InChI=1S/C29H28N2O2/c1-22-15-17-24(18-16-22)33-21-29-30-26-12-4-5-13-27(26)31(29)19-6-7-20-32-28-14-8-10-23-9-2-3-11-25(23)28/h2-5,8-18H,6-7,19-21H2,1H3. The van der Waals surface area contributed by atoms with Gasteiger partial charge in [-0.2, -0.15) is 0 Å². The lowest BCUT2D eigenvalue weighted by Gasteiger charge is -2.12. The van der Waals surface area contributed by atoms with Gasteiger partial charge < -0.3 is 14.0 Å². The van der Waals surface area contributed by atoms with Gasteiger partial charge in [-0.25, -0.2) is 4.98 Å². The van der Waals surface area contributed by atoms with E-state index in [9.17, 15) is 0 Å². The van der Waals surface area contributed by atoms with E-state index >= 15 is 0 Å². The van der Waals surface area contributed by atoms with Crippen molar-refractivity contribution < 1.29 is 9.47 Å². The number of benzene rings is 4. The molecule has 0 bridgehead atoms. The highest BCUT2D eigenvalue weighted by molar-refractivity contribution is 5.88. The number of aromatic nitrogens is 2. The van der Waals surface area contributed by atoms with Crippen LogP contribution in [0.2, 0.25) is 0 Å². The molecule has 5 aromatic rings. The number of rotatable bonds is 9. The summed E-state index contributed by atoms with van der Waals surface area (Å²) in [6.45, 7) is 4.10. The van der Waals surface area contributed by atoms with E-state index in [1.165, 1.54) is 10.9 Å². The molecule has 0 fully saturated rings. The molecule has 0 amide bonds. The predicted molar refractivity (Wildman–Crippen MR) is 134 cm³/mol. The van der Waals surface area contributed by atoms with Gasteiger partial charge in [-0.15, -0.1) is 0 Å². The van der Waals surface area contributed by atoms with Crippen LogP contribution in [-0.2, 0) is 13.2 Å². The maximum absolute atomic E-state index is 6.12. The smallest absolute Gasteiger partial charge is 0.147 e. The molecule has 4 heteroatoms. The van der Waals surface area contributed by atoms with E-state index in [4.69, 9.17) is 14.5 Å². The van der Waals surface area contributed by atoms with Crippen molar-refractivity contribution >= 4 is 21.8 Å². The highest BCUT2D eigenvalue weighted by Crippen LogP contribution is 2.25. The number of ether oxygens (including phenoxy) is 2. The fraction of sp³-hybridized carbons (Fsp3) is 0.207. The van der Waals surface area contributed by atoms with Crippen molar-refractivity contribution in [1.82, 2.24) is 9.55 Å². The van der Waals surface area contributed by atoms with Crippen LogP contribution in [0.1, 0.15) is 24.2 Å². The Hall–Kier alpha value is -3.79. The van der Waals surface area contributed by atoms with Gasteiger partial charge in [0.15, 0.2) is 0 Å². The SMILES string of the molecule is Cc1ccc(OCc2nc3ccccc3n2CCCCOc2cccc3ccccc23)cc1. The van der Waals surface area contributed by atoms with Gasteiger partial charge in [-0.3, -0.25) is 0 Å². The van der Waals surface area contributed by atoms with Crippen LogP contribution in [0.5, 0.6) is 11.5 Å². The normalized spacial score (nSPS) is 11.2. The third-order valence-electron chi connectivity index (χ3n) is 5.91. The molecule has 0 radical (unpaired) electrons. The third kappa shape index (κ3) is 4.85. The highest BCUT2D eigenvalue weighted by Gasteiger charge is 2.11. The summed E-state index contributed by atoms with van der Waals surface area (Å²) >= 11 is 0. The molecule has 33 heavy (non-hydrogen) atoms. The van der Waals surface area contributed by atoms with Crippen molar-refractivity contribution in [2.75, 3.05) is 6.61 Å². The summed E-state index contributed by atoms with van der Waals surface area (Å²) in [5.74, 6) is 2.77. The number of fused-ring (bicyclic) bond motifs is 2. The maximum atomic E-state index is 6.12. The topological polar surface area (TPSA) is 36.3 Å². The molecule has 0 atom stereocenters. The molecule has 1 aromatic heterocycles. The molecule has 1 heterocycles. The quantitative estimate of drug-likeness (QED) is 0.235. The molecule has 0 spiro atoms. The minimum Gasteiger partial charge on any atom is -0.493 e. The van der Waals surface area contributed by atoms with Gasteiger partial charge in [-0.1, -0.05) is 66.2 Å². The summed E-state index contributed by atoms with van der Waals surface area (Å²) < 4.78 is 14.4. The van der Waals surface area contributed by atoms with Gasteiger partial charge in [-0.05, 0) is 55.5 Å². The largest absolute Gasteiger partial charge is 0.493 e. The van der Waals surface area contributed by atoms with Gasteiger partial charge in [0.05, 0.1) is 17.6 Å². The molecular weight excluding hydrogens is 408 g/mol. The fourth-order valence-corrected chi connectivity index (χ4v) is 4.14. The first-order valence-electron chi connectivity index (χ1n) is 11.5. The monoisotopic (exact) mass is 436 g/mol. The molecule has 0 saturated carbocycles. The Morgan fingerprint density at radius 3 is 2.45 bits per heavy atom. The van der Waals surface area contributed by atoms with E-state index in [1.54, 1.807) is 0 Å². The van der Waals surface area contributed by atoms with Crippen LogP contribution in [0.4, 0.5) is 0 Å². The molecule has 4 aromatic carbocycles. The Labute approximate surface area is 194 Å². The molecule has 0 aliphatic carbocycles. The molecular formula is C29H28N2O2. The van der Waals surface area contributed by atoms with E-state index in [-0.39, 0.29) is 0 Å². The van der Waals surface area contributed by atoms with Crippen LogP contribution in [0.25, 0.3) is 21.8 Å². The lowest BCUT2D eigenvalue weighted by Crippen LogP contribution is -2.09. The first-order valence-corrected chi connectivity index (χ1v) is 11.5. The van der Waals surface area contributed by atoms with Gasteiger partial charge in [0.25, 0.3) is 0 Å². The van der Waals surface area contributed by atoms with Gasteiger partial charge in [0, 0.05) is 11.9 Å². The van der Waals surface area contributed by atoms with E-state index < -0.39 is 0 Å². The first kappa shape index (κ1) is 21.1. The van der Waals surface area contributed by atoms with Crippen molar-refractivity contribution in [2.24, 2.45) is 0 Å². The molecule has 0 N–H and O–H groups in total. The predicted octanol–water partition coefficient (Wildman–Crippen LogP) is 6.94. The second-order valence-electron chi connectivity index (χ2n) is 8.30. The molecule has 0 unspecified atom stereocenters. The second kappa shape index (κ2) is 9.78. The Kier molecular flexibility index (Phi) is 6.25. The van der Waals surface area contributed by atoms with Crippen LogP contribution in [0.15, 0.2) is 91.0 Å². The summed E-state index contributed by atoms with van der Waals surface area (Å²) in [4.78, 5) is 4.83. The molecule has 0 aliphatic heterocycles. The van der Waals surface area contributed by atoms with Crippen LogP contribution < -0.4 is 9.47 Å². The second-order valence-corrected chi connectivity index (χ2v) is 8.30. The van der Waals surface area contributed by atoms with E-state index in [2.05, 4.69) is 78.2 Å². The summed E-state index contributed by atoms with van der Waals surface area (Å²) in [5.41, 5.74) is 3.38. The van der Waals surface area contributed by atoms with E-state index in [0.29, 0.717) is 13.2 Å². The number of nitrogens with zero attached hydrogens (tertiary/aromatic N) is 2. The van der Waals surface area contributed by atoms with Crippen molar-refractivity contribution in [3.63, 3.8) is 0 Å². The van der Waals surface area contributed by atoms with Gasteiger partial charge in [0.1, 0.15) is 23.9 Å². The van der Waals surface area contributed by atoms with Crippen LogP contribution >= 0.6 is 0 Å². The lowest BCUT2D eigenvalue weighted by atomic mass is 10.1. The number of hydrogen-bond donors (Lipinski definition) is 0. The summed E-state index contributed by atoms with van der Waals surface area (Å²) in [6, 6.07) is 31.0. The Bertz CT molecular complexity index is 1350. The highest BCUT2D eigenvalue weighted by atomic mass is 16.5. The molecule has 0 aliphatic rings. The summed E-state index contributed by atoms with van der Waals surface area (Å²) in [5, 5.41) is 2.37. The van der Waals surface area contributed by atoms with E-state index in [0.717, 1.165) is 53.1 Å². The van der Waals surface area contributed by atoms with Crippen LogP contribution in [0.3, 0.4) is 0 Å². The van der Waals surface area contributed by atoms with E-state index in [1.807, 2.05) is 24.3 Å². The molecule has 5 rings (SSSR count). The zero-order valence-corrected chi connectivity index (χ0v) is 18.9. The number of para-hydroxylation sites is 2. The van der Waals surface area contributed by atoms with Gasteiger partial charge >= 0.3 is 0 Å². The van der Waals surface area contributed by atoms with Crippen molar-refractivity contribution in [2.45, 2.75) is 32.9 Å². The van der Waals surface area contributed by atoms with Crippen molar-refractivity contribution in [1.29, 1.82) is 0 Å². The summed E-state index contributed by atoms with van der Waals surface area (Å²) in [7, 11) is 0. The Morgan fingerprint density at radius 2 is 1.55 bits per heavy atom. The minimum absolute atomic E-state index is 0.449. The average Bonchev–Trinajstić information content (AvgIpc) is 3.21. The lowest BCUT2D eigenvalue weighted by molar-refractivity contribution is 0.285. The van der Waals surface area contributed by atoms with Crippen LogP contribution in [-0.4, -0.2) is 16.2 Å². The Balaban J connectivity index is 1.22. The zero-order chi connectivity index (χ0) is 22.5. The first-order chi connectivity index (χ1) is 16.3. The Morgan fingerprint density at radius 1 is 0.758 bits per heavy atom. The molecule has 166 valence electrons. The number of hydrogen-bond acceptors (Lipinski definition) is 3. The average molecular weight is 437 g/mol. The minimum atomic E-state index is 0.449. The van der Waals surface area contributed by atoms with Crippen molar-refractivity contribution in [3.05, 3.63) is 102 Å². The summed E-state index contributed by atoms with van der Waals surface area (Å²) in [6.07, 6.45) is 1.97. The fourth-order valence-electron chi connectivity index (χ4n) is 4.14. The van der Waals surface area contributed by atoms with Gasteiger partial charge in [0.2, 0.25) is 0 Å². The number of unbranched alkanes of at least 4 members (excludes halogenated alkanes) is 1. The van der Waals surface area contributed by atoms with Crippen LogP contribution in [0, 0.1) is 6.92 Å². The maximum Gasteiger partial charge on any atom is 0.147 e. The molecule has 4 nitrogen and oxygen atoms in total. The van der Waals surface area contributed by atoms with Crippen molar-refractivity contribution in [3.8, 4) is 11.5 Å². The number of imidazole rings is 1. The molecule has 0 saturated heterocycles. The zero-order valence-electron chi connectivity index (χ0n) is 18.9.